The summed E-state index contributed by atoms with van der Waals surface area (Å²) in [4.78, 5) is 0. The van der Waals surface area contributed by atoms with Crippen molar-refractivity contribution in [3.8, 4) is 5.75 Å². The molecule has 0 fully saturated rings. The lowest BCUT2D eigenvalue weighted by Gasteiger charge is -2.18. The summed E-state index contributed by atoms with van der Waals surface area (Å²) in [5.41, 5.74) is 2.33. The van der Waals surface area contributed by atoms with Crippen LogP contribution in [0.2, 0.25) is 0 Å². The van der Waals surface area contributed by atoms with Gasteiger partial charge in [-0.2, -0.15) is 0 Å². The topological polar surface area (TPSA) is 30.5 Å². The molecule has 0 aliphatic carbocycles. The molecule has 0 aliphatic rings. The van der Waals surface area contributed by atoms with E-state index in [1.165, 1.54) is 5.56 Å². The molecule has 3 nitrogen and oxygen atoms in total. The molecule has 0 aliphatic heterocycles. The molecule has 1 aromatic carbocycles. The van der Waals surface area contributed by atoms with E-state index in [0.29, 0.717) is 5.92 Å². The fraction of sp³-hybridized carbons (Fsp3) is 0.538. The smallest absolute Gasteiger partial charge is 0.133 e. The number of benzene rings is 1. The molecule has 0 saturated carbocycles. The third-order valence-corrected chi connectivity index (χ3v) is 2.68. The predicted octanol–water partition coefficient (Wildman–Crippen LogP) is 2.68. The quantitative estimate of drug-likeness (QED) is 0.778. The van der Waals surface area contributed by atoms with Crippen molar-refractivity contribution in [2.24, 2.45) is 0 Å². The van der Waals surface area contributed by atoms with E-state index in [2.05, 4.69) is 25.2 Å². The van der Waals surface area contributed by atoms with Gasteiger partial charge in [0.25, 0.3) is 0 Å². The fourth-order valence-electron chi connectivity index (χ4n) is 1.79. The van der Waals surface area contributed by atoms with E-state index in [0.717, 1.165) is 11.3 Å². The maximum atomic E-state index is 5.35. The second kappa shape index (κ2) is 5.87. The van der Waals surface area contributed by atoms with E-state index >= 15 is 0 Å². The molecule has 0 aromatic heterocycles. The van der Waals surface area contributed by atoms with E-state index in [1.807, 2.05) is 19.2 Å². The Morgan fingerprint density at radius 1 is 1.19 bits per heavy atom. The zero-order valence-corrected chi connectivity index (χ0v) is 10.7. The van der Waals surface area contributed by atoms with Gasteiger partial charge in [-0.1, -0.05) is 19.9 Å². The summed E-state index contributed by atoms with van der Waals surface area (Å²) in [5, 5.41) is 3.11. The standard InChI is InChI=1S/C13H21NO2/c1-9(2)11-8-10(13(14-3)16-5)6-7-12(11)15-4/h6-9,13-14H,1-5H3. The molecule has 1 atom stereocenters. The lowest BCUT2D eigenvalue weighted by Crippen LogP contribution is -2.18. The fourth-order valence-corrected chi connectivity index (χ4v) is 1.79. The Labute approximate surface area is 97.8 Å². The van der Waals surface area contributed by atoms with Crippen LogP contribution in [0.3, 0.4) is 0 Å². The van der Waals surface area contributed by atoms with Gasteiger partial charge < -0.3 is 9.47 Å². The molecule has 0 bridgehead atoms. The minimum atomic E-state index is -0.0663. The van der Waals surface area contributed by atoms with Crippen LogP contribution in [0.4, 0.5) is 0 Å². The summed E-state index contributed by atoms with van der Waals surface area (Å²) in [6.07, 6.45) is -0.0663. The average molecular weight is 223 g/mol. The van der Waals surface area contributed by atoms with E-state index in [4.69, 9.17) is 9.47 Å². The van der Waals surface area contributed by atoms with Crippen molar-refractivity contribution in [3.05, 3.63) is 29.3 Å². The molecule has 0 radical (unpaired) electrons. The van der Waals surface area contributed by atoms with Gasteiger partial charge in [-0.3, -0.25) is 5.32 Å². The minimum Gasteiger partial charge on any atom is -0.496 e. The molecule has 16 heavy (non-hydrogen) atoms. The highest BCUT2D eigenvalue weighted by atomic mass is 16.5. The summed E-state index contributed by atoms with van der Waals surface area (Å²) >= 11 is 0. The summed E-state index contributed by atoms with van der Waals surface area (Å²) in [6, 6.07) is 6.15. The number of methoxy groups -OCH3 is 2. The van der Waals surface area contributed by atoms with Crippen LogP contribution in [-0.4, -0.2) is 21.3 Å². The van der Waals surface area contributed by atoms with E-state index in [9.17, 15) is 0 Å². The molecule has 1 rings (SSSR count). The molecular weight excluding hydrogens is 202 g/mol. The highest BCUT2D eigenvalue weighted by Gasteiger charge is 2.13. The Hall–Kier alpha value is -1.06. The van der Waals surface area contributed by atoms with Gasteiger partial charge >= 0.3 is 0 Å². The van der Waals surface area contributed by atoms with Crippen molar-refractivity contribution in [3.63, 3.8) is 0 Å². The number of hydrogen-bond donors (Lipinski definition) is 1. The van der Waals surface area contributed by atoms with Gasteiger partial charge in [0.05, 0.1) is 7.11 Å². The Balaban J connectivity index is 3.10. The van der Waals surface area contributed by atoms with Crippen LogP contribution >= 0.6 is 0 Å². The Morgan fingerprint density at radius 2 is 1.88 bits per heavy atom. The molecule has 0 saturated heterocycles. The van der Waals surface area contributed by atoms with Crippen LogP contribution in [-0.2, 0) is 4.74 Å². The summed E-state index contributed by atoms with van der Waals surface area (Å²) in [6.45, 7) is 4.31. The normalized spacial score (nSPS) is 12.9. The molecule has 0 amide bonds. The molecule has 0 heterocycles. The van der Waals surface area contributed by atoms with Crippen LogP contribution in [0, 0.1) is 0 Å². The first-order valence-corrected chi connectivity index (χ1v) is 5.52. The zero-order chi connectivity index (χ0) is 12.1. The van der Waals surface area contributed by atoms with Gasteiger partial charge in [-0.05, 0) is 36.2 Å². The molecule has 90 valence electrons. The van der Waals surface area contributed by atoms with Gasteiger partial charge in [0, 0.05) is 7.11 Å². The maximum absolute atomic E-state index is 5.35. The number of rotatable bonds is 5. The highest BCUT2D eigenvalue weighted by molar-refractivity contribution is 5.39. The molecular formula is C13H21NO2. The zero-order valence-electron chi connectivity index (χ0n) is 10.7. The van der Waals surface area contributed by atoms with Gasteiger partial charge in [0.1, 0.15) is 12.0 Å². The van der Waals surface area contributed by atoms with Crippen LogP contribution < -0.4 is 10.1 Å². The first kappa shape index (κ1) is 13.0. The lowest BCUT2D eigenvalue weighted by molar-refractivity contribution is 0.0808. The molecule has 1 N–H and O–H groups in total. The molecule has 1 unspecified atom stereocenters. The molecule has 0 spiro atoms. The van der Waals surface area contributed by atoms with E-state index in [-0.39, 0.29) is 6.23 Å². The van der Waals surface area contributed by atoms with Crippen molar-refractivity contribution in [2.45, 2.75) is 26.0 Å². The third kappa shape index (κ3) is 2.74. The average Bonchev–Trinajstić information content (AvgIpc) is 2.30. The van der Waals surface area contributed by atoms with Gasteiger partial charge in [0.15, 0.2) is 0 Å². The first-order valence-electron chi connectivity index (χ1n) is 5.52. The highest BCUT2D eigenvalue weighted by Crippen LogP contribution is 2.29. The SMILES string of the molecule is CNC(OC)c1ccc(OC)c(C(C)C)c1. The number of hydrogen-bond acceptors (Lipinski definition) is 3. The van der Waals surface area contributed by atoms with Gasteiger partial charge in [0.2, 0.25) is 0 Å². The van der Waals surface area contributed by atoms with Crippen LogP contribution in [0.15, 0.2) is 18.2 Å². The Kier molecular flexibility index (Phi) is 4.77. The van der Waals surface area contributed by atoms with Crippen molar-refractivity contribution in [1.82, 2.24) is 5.32 Å². The minimum absolute atomic E-state index is 0.0663. The second-order valence-corrected chi connectivity index (χ2v) is 4.06. The van der Waals surface area contributed by atoms with E-state index < -0.39 is 0 Å². The second-order valence-electron chi connectivity index (χ2n) is 4.06. The molecule has 3 heteroatoms. The van der Waals surface area contributed by atoms with Gasteiger partial charge in [-0.15, -0.1) is 0 Å². The van der Waals surface area contributed by atoms with Gasteiger partial charge in [-0.25, -0.2) is 0 Å². The summed E-state index contributed by atoms with van der Waals surface area (Å²) in [7, 11) is 5.28. The largest absolute Gasteiger partial charge is 0.496 e. The first-order chi connectivity index (χ1) is 7.63. The van der Waals surface area contributed by atoms with Crippen molar-refractivity contribution >= 4 is 0 Å². The number of nitrogens with one attached hydrogen (secondary N) is 1. The summed E-state index contributed by atoms with van der Waals surface area (Å²) in [5.74, 6) is 1.37. The molecule has 1 aromatic rings. The van der Waals surface area contributed by atoms with Crippen molar-refractivity contribution in [1.29, 1.82) is 0 Å². The van der Waals surface area contributed by atoms with Crippen LogP contribution in [0.5, 0.6) is 5.75 Å². The predicted molar refractivity (Wildman–Crippen MR) is 65.9 cm³/mol. The lowest BCUT2D eigenvalue weighted by atomic mass is 9.99. The van der Waals surface area contributed by atoms with Crippen molar-refractivity contribution in [2.75, 3.05) is 21.3 Å². The maximum Gasteiger partial charge on any atom is 0.133 e. The third-order valence-electron chi connectivity index (χ3n) is 2.68. The van der Waals surface area contributed by atoms with E-state index in [1.54, 1.807) is 14.2 Å². The summed E-state index contributed by atoms with van der Waals surface area (Å²) < 4.78 is 10.7. The van der Waals surface area contributed by atoms with Crippen LogP contribution in [0.1, 0.15) is 37.1 Å². The monoisotopic (exact) mass is 223 g/mol. The Morgan fingerprint density at radius 3 is 2.31 bits per heavy atom. The van der Waals surface area contributed by atoms with Crippen LogP contribution in [0.25, 0.3) is 0 Å². The number of ether oxygens (including phenoxy) is 2. The van der Waals surface area contributed by atoms with Crippen molar-refractivity contribution < 1.29 is 9.47 Å². The Bertz CT molecular complexity index is 333.